The van der Waals surface area contributed by atoms with Crippen molar-refractivity contribution in [1.29, 1.82) is 0 Å². The van der Waals surface area contributed by atoms with Crippen LogP contribution in [0.4, 0.5) is 0 Å². The highest BCUT2D eigenvalue weighted by atomic mass is 32.2. The molecule has 0 spiro atoms. The smallest absolute Gasteiger partial charge is 0.182 e. The largest absolute Gasteiger partial charge is 0.258 e. The molecule has 0 bridgehead atoms. The number of rotatable bonds is 1. The molecule has 10 heavy (non-hydrogen) atoms. The molecule has 0 aliphatic rings. The Bertz CT molecular complexity index is 139. The van der Waals surface area contributed by atoms with Crippen LogP contribution in [-0.4, -0.2) is 23.7 Å². The van der Waals surface area contributed by atoms with Crippen molar-refractivity contribution in [3.05, 3.63) is 0 Å². The lowest BCUT2D eigenvalue weighted by atomic mass is 10.4. The molecule has 58 valence electrons. The average Bonchev–Trinajstić information content (AvgIpc) is 1.86. The molecule has 0 saturated heterocycles. The molecule has 0 amide bonds. The van der Waals surface area contributed by atoms with E-state index in [1.807, 2.05) is 27.0 Å². The van der Waals surface area contributed by atoms with E-state index in [4.69, 9.17) is 0 Å². The summed E-state index contributed by atoms with van der Waals surface area (Å²) in [5, 5.41) is 0.859. The Kier molecular flexibility index (Phi) is 5.30. The maximum atomic E-state index is 4.27. The molecule has 2 nitrogen and oxygen atoms in total. The van der Waals surface area contributed by atoms with E-state index in [1.54, 1.807) is 18.0 Å². The molecule has 0 radical (unpaired) electrons. The second-order valence-electron chi connectivity index (χ2n) is 2.10. The van der Waals surface area contributed by atoms with Gasteiger partial charge in [0.05, 0.1) is 0 Å². The predicted molar refractivity (Wildman–Crippen MR) is 50.3 cm³/mol. The van der Waals surface area contributed by atoms with Gasteiger partial charge in [0, 0.05) is 12.3 Å². The Morgan fingerprint density at radius 3 is 2.40 bits per heavy atom. The van der Waals surface area contributed by atoms with Gasteiger partial charge >= 0.3 is 0 Å². The number of hydrogen-bond acceptors (Lipinski definition) is 2. The fourth-order valence-electron chi connectivity index (χ4n) is 0.470. The summed E-state index contributed by atoms with van der Waals surface area (Å²) >= 11 is 1.57. The highest BCUT2D eigenvalue weighted by Crippen LogP contribution is 2.01. The molecule has 0 atom stereocenters. The van der Waals surface area contributed by atoms with Gasteiger partial charge in [-0.3, -0.25) is 4.99 Å². The third kappa shape index (κ3) is 4.56. The van der Waals surface area contributed by atoms with Crippen LogP contribution >= 0.6 is 11.8 Å². The molecule has 0 rings (SSSR count). The van der Waals surface area contributed by atoms with Gasteiger partial charge in [-0.25, -0.2) is 4.99 Å². The third-order valence-corrected chi connectivity index (χ3v) is 1.37. The molecule has 0 aromatic carbocycles. The minimum Gasteiger partial charge on any atom is -0.258 e. The molecule has 0 N–H and O–H groups in total. The number of hydrogen-bond donors (Lipinski definition) is 0. The number of thioether (sulfide) groups is 1. The van der Waals surface area contributed by atoms with Crippen molar-refractivity contribution in [2.24, 2.45) is 9.98 Å². The van der Waals surface area contributed by atoms with Gasteiger partial charge in [-0.05, 0) is 27.0 Å². The van der Waals surface area contributed by atoms with E-state index >= 15 is 0 Å². The summed E-state index contributed by atoms with van der Waals surface area (Å²) in [7, 11) is 0. The van der Waals surface area contributed by atoms with Crippen LogP contribution in [0.2, 0.25) is 0 Å². The summed E-state index contributed by atoms with van der Waals surface area (Å²) in [6.07, 6.45) is 3.74. The van der Waals surface area contributed by atoms with E-state index in [-0.39, 0.29) is 0 Å². The van der Waals surface area contributed by atoms with Crippen LogP contribution in [0, 0.1) is 0 Å². The summed E-state index contributed by atoms with van der Waals surface area (Å²) in [6.45, 7) is 5.98. The Balaban J connectivity index is 4.04. The molecule has 0 aliphatic heterocycles. The van der Waals surface area contributed by atoms with Gasteiger partial charge in [-0.15, -0.1) is 0 Å². The lowest BCUT2D eigenvalue weighted by molar-refractivity contribution is 0.838. The van der Waals surface area contributed by atoms with Gasteiger partial charge < -0.3 is 0 Å². The number of aliphatic imine (C=N–C) groups is 2. The molecule has 3 heteroatoms. The number of amidine groups is 1. The lowest BCUT2D eigenvalue weighted by Crippen LogP contribution is -1.94. The number of nitrogens with zero attached hydrogens (tertiary/aromatic N) is 2. The standard InChI is InChI=1S/C7H14N2S/c1-5-8-7(10-4)9-6(2)3/h5-6H,1-4H3/b8-5-,9-7+. The van der Waals surface area contributed by atoms with Crippen LogP contribution in [0.1, 0.15) is 20.8 Å². The topological polar surface area (TPSA) is 24.7 Å². The first-order valence-corrected chi connectivity index (χ1v) is 4.53. The molecule has 0 aromatic heterocycles. The highest BCUT2D eigenvalue weighted by Gasteiger charge is 1.92. The summed E-state index contributed by atoms with van der Waals surface area (Å²) in [6, 6.07) is 0.339. The minimum atomic E-state index is 0.339. The van der Waals surface area contributed by atoms with E-state index in [0.717, 1.165) is 5.17 Å². The van der Waals surface area contributed by atoms with Crippen molar-refractivity contribution < 1.29 is 0 Å². The van der Waals surface area contributed by atoms with Crippen LogP contribution in [0.3, 0.4) is 0 Å². The lowest BCUT2D eigenvalue weighted by Gasteiger charge is -1.97. The van der Waals surface area contributed by atoms with Crippen molar-refractivity contribution in [3.63, 3.8) is 0 Å². The third-order valence-electron chi connectivity index (χ3n) is 0.791. The zero-order valence-electron chi connectivity index (χ0n) is 6.96. The minimum absolute atomic E-state index is 0.339. The van der Waals surface area contributed by atoms with Crippen LogP contribution < -0.4 is 0 Å². The van der Waals surface area contributed by atoms with Crippen LogP contribution in [-0.2, 0) is 0 Å². The van der Waals surface area contributed by atoms with E-state index in [0.29, 0.717) is 6.04 Å². The molecular formula is C7H14N2S. The van der Waals surface area contributed by atoms with Crippen molar-refractivity contribution >= 4 is 23.1 Å². The van der Waals surface area contributed by atoms with E-state index in [1.165, 1.54) is 0 Å². The summed E-state index contributed by atoms with van der Waals surface area (Å²) < 4.78 is 0. The summed E-state index contributed by atoms with van der Waals surface area (Å²) in [5.74, 6) is 0. The van der Waals surface area contributed by atoms with Crippen LogP contribution in [0.25, 0.3) is 0 Å². The maximum absolute atomic E-state index is 4.27. The van der Waals surface area contributed by atoms with Gasteiger partial charge in [0.1, 0.15) is 0 Å². The second-order valence-corrected chi connectivity index (χ2v) is 2.87. The van der Waals surface area contributed by atoms with Gasteiger partial charge in [0.15, 0.2) is 5.17 Å². The molecule has 0 aliphatic carbocycles. The zero-order chi connectivity index (χ0) is 7.98. The Morgan fingerprint density at radius 1 is 1.50 bits per heavy atom. The Morgan fingerprint density at radius 2 is 2.10 bits per heavy atom. The fraction of sp³-hybridized carbons (Fsp3) is 0.714. The van der Waals surface area contributed by atoms with Crippen LogP contribution in [0.15, 0.2) is 9.98 Å². The molecule has 0 fully saturated rings. The summed E-state index contributed by atoms with van der Waals surface area (Å²) in [4.78, 5) is 8.34. The average molecular weight is 158 g/mol. The SMILES string of the molecule is C/C=N\C(=N/C(C)C)SC. The Labute approximate surface area is 66.8 Å². The maximum Gasteiger partial charge on any atom is 0.182 e. The molecule has 0 saturated carbocycles. The fourth-order valence-corrected chi connectivity index (χ4v) is 0.997. The van der Waals surface area contributed by atoms with E-state index in [9.17, 15) is 0 Å². The first kappa shape index (κ1) is 9.69. The van der Waals surface area contributed by atoms with Crippen molar-refractivity contribution in [3.8, 4) is 0 Å². The van der Waals surface area contributed by atoms with Crippen molar-refractivity contribution in [2.75, 3.05) is 6.26 Å². The van der Waals surface area contributed by atoms with Crippen LogP contribution in [0.5, 0.6) is 0 Å². The van der Waals surface area contributed by atoms with Gasteiger partial charge in [-0.2, -0.15) is 0 Å². The Hall–Kier alpha value is -0.310. The van der Waals surface area contributed by atoms with E-state index in [2.05, 4.69) is 9.98 Å². The normalized spacial score (nSPS) is 13.5. The quantitative estimate of drug-likeness (QED) is 0.424. The first-order chi connectivity index (χ1) is 4.70. The van der Waals surface area contributed by atoms with Crippen molar-refractivity contribution in [2.45, 2.75) is 26.8 Å². The molecule has 0 heterocycles. The van der Waals surface area contributed by atoms with E-state index < -0.39 is 0 Å². The zero-order valence-corrected chi connectivity index (χ0v) is 7.77. The molecule has 0 unspecified atom stereocenters. The monoisotopic (exact) mass is 158 g/mol. The predicted octanol–water partition coefficient (Wildman–Crippen LogP) is 2.20. The molecular weight excluding hydrogens is 144 g/mol. The molecule has 0 aromatic rings. The van der Waals surface area contributed by atoms with Gasteiger partial charge in [-0.1, -0.05) is 11.8 Å². The summed E-state index contributed by atoms with van der Waals surface area (Å²) in [5.41, 5.74) is 0. The first-order valence-electron chi connectivity index (χ1n) is 3.31. The second kappa shape index (κ2) is 5.47. The highest BCUT2D eigenvalue weighted by molar-refractivity contribution is 8.13. The van der Waals surface area contributed by atoms with Crippen molar-refractivity contribution in [1.82, 2.24) is 0 Å². The van der Waals surface area contributed by atoms with Gasteiger partial charge in [0.2, 0.25) is 0 Å². The van der Waals surface area contributed by atoms with Gasteiger partial charge in [0.25, 0.3) is 0 Å².